The number of rotatable bonds is 6. The lowest BCUT2D eigenvalue weighted by molar-refractivity contribution is 0.0764. The molecule has 1 atom stereocenters. The molecule has 3 heterocycles. The molecule has 1 aliphatic heterocycles. The first-order valence-electron chi connectivity index (χ1n) is 11.5. The third-order valence-electron chi connectivity index (χ3n) is 6.05. The van der Waals surface area contributed by atoms with Gasteiger partial charge in [0.15, 0.2) is 5.60 Å². The molecule has 1 N–H and O–H groups in total. The van der Waals surface area contributed by atoms with Crippen molar-refractivity contribution in [3.05, 3.63) is 55.0 Å². The third-order valence-corrected chi connectivity index (χ3v) is 6.05. The molecule has 184 valence electrons. The monoisotopic (exact) mass is 485 g/mol. The summed E-state index contributed by atoms with van der Waals surface area (Å²) >= 11 is 0. The van der Waals surface area contributed by atoms with Gasteiger partial charge in [-0.3, -0.25) is 9.67 Å². The number of hydrogen-bond donors (Lipinski definition) is 1. The van der Waals surface area contributed by atoms with Gasteiger partial charge in [0.25, 0.3) is 0 Å². The highest BCUT2D eigenvalue weighted by atomic mass is 16.5. The lowest BCUT2D eigenvalue weighted by Gasteiger charge is -2.24. The van der Waals surface area contributed by atoms with Crippen LogP contribution in [0.15, 0.2) is 55.0 Å². The molecule has 1 aliphatic rings. The van der Waals surface area contributed by atoms with E-state index in [2.05, 4.69) is 21.9 Å². The summed E-state index contributed by atoms with van der Waals surface area (Å²) in [7, 11) is 5.10. The molecule has 0 spiro atoms. The van der Waals surface area contributed by atoms with Gasteiger partial charge in [-0.25, -0.2) is 4.98 Å². The zero-order chi connectivity index (χ0) is 25.1. The number of ether oxygens (including phenoxy) is 3. The average Bonchev–Trinajstić information content (AvgIpc) is 3.54. The molecule has 1 unspecified atom stereocenters. The Bertz CT molecular complexity index is 1430. The van der Waals surface area contributed by atoms with Crippen LogP contribution in [0.3, 0.4) is 0 Å². The minimum atomic E-state index is -1.12. The Morgan fingerprint density at radius 3 is 2.56 bits per heavy atom. The third kappa shape index (κ3) is 4.96. The number of aromatic nitrogens is 4. The molecule has 1 fully saturated rings. The zero-order valence-electron chi connectivity index (χ0n) is 20.4. The van der Waals surface area contributed by atoms with E-state index in [4.69, 9.17) is 19.2 Å². The number of benzene rings is 2. The Hall–Kier alpha value is -4.13. The normalized spacial score (nSPS) is 17.0. The Kier molecular flexibility index (Phi) is 6.46. The molecule has 0 saturated carbocycles. The van der Waals surface area contributed by atoms with Crippen LogP contribution < -0.4 is 14.4 Å². The second kappa shape index (κ2) is 9.85. The van der Waals surface area contributed by atoms with E-state index in [0.717, 1.165) is 33.7 Å². The predicted molar refractivity (Wildman–Crippen MR) is 136 cm³/mol. The van der Waals surface area contributed by atoms with E-state index in [1.54, 1.807) is 31.3 Å². The average molecular weight is 486 g/mol. The van der Waals surface area contributed by atoms with E-state index in [1.807, 2.05) is 54.5 Å². The topological polar surface area (TPSA) is 94.8 Å². The number of methoxy groups -OCH3 is 2. The van der Waals surface area contributed by atoms with Crippen LogP contribution in [0.1, 0.15) is 6.42 Å². The molecule has 5 rings (SSSR count). The first kappa shape index (κ1) is 23.6. The molecular weight excluding hydrogens is 458 g/mol. The lowest BCUT2D eigenvalue weighted by atomic mass is 10.1. The number of anilines is 2. The minimum Gasteiger partial charge on any atom is -0.497 e. The van der Waals surface area contributed by atoms with E-state index >= 15 is 0 Å². The molecular formula is C27H27N5O4. The van der Waals surface area contributed by atoms with Crippen molar-refractivity contribution in [3.8, 4) is 34.6 Å². The largest absolute Gasteiger partial charge is 0.497 e. The predicted octanol–water partition coefficient (Wildman–Crippen LogP) is 3.34. The van der Waals surface area contributed by atoms with Gasteiger partial charge in [0.2, 0.25) is 0 Å². The summed E-state index contributed by atoms with van der Waals surface area (Å²) in [5.74, 6) is 7.45. The van der Waals surface area contributed by atoms with Crippen LogP contribution >= 0.6 is 0 Å². The number of nitrogens with zero attached hydrogens (tertiary/aromatic N) is 5. The van der Waals surface area contributed by atoms with Gasteiger partial charge < -0.3 is 24.2 Å². The van der Waals surface area contributed by atoms with Crippen LogP contribution in [-0.4, -0.2) is 64.4 Å². The van der Waals surface area contributed by atoms with E-state index in [0.29, 0.717) is 31.1 Å². The van der Waals surface area contributed by atoms with Crippen molar-refractivity contribution in [2.45, 2.75) is 12.0 Å². The molecule has 2 aromatic carbocycles. The minimum absolute atomic E-state index is 0.218. The fourth-order valence-electron chi connectivity index (χ4n) is 4.08. The lowest BCUT2D eigenvalue weighted by Crippen LogP contribution is -2.27. The van der Waals surface area contributed by atoms with Crippen molar-refractivity contribution in [2.24, 2.45) is 7.05 Å². The maximum atomic E-state index is 10.6. The Labute approximate surface area is 209 Å². The molecule has 0 aliphatic carbocycles. The van der Waals surface area contributed by atoms with Crippen LogP contribution in [0.25, 0.3) is 22.3 Å². The van der Waals surface area contributed by atoms with E-state index in [1.165, 1.54) is 0 Å². The van der Waals surface area contributed by atoms with Crippen LogP contribution in [0, 0.1) is 11.8 Å². The maximum absolute atomic E-state index is 10.6. The van der Waals surface area contributed by atoms with E-state index < -0.39 is 5.60 Å². The van der Waals surface area contributed by atoms with Crippen molar-refractivity contribution in [1.29, 1.82) is 0 Å². The number of aliphatic hydroxyl groups is 1. The number of aryl methyl sites for hydroxylation is 1. The van der Waals surface area contributed by atoms with Crippen molar-refractivity contribution in [2.75, 3.05) is 38.9 Å². The van der Waals surface area contributed by atoms with Gasteiger partial charge in [0.1, 0.15) is 11.5 Å². The summed E-state index contributed by atoms with van der Waals surface area (Å²) in [5, 5.41) is 14.8. The SMILES string of the molecule is COc1cc(OC)cc(N(CC#CC2(O)CCOC2)c2ccc3ncc(-c4cnn(C)c4)nc3c2)c1. The summed E-state index contributed by atoms with van der Waals surface area (Å²) in [6, 6.07) is 11.5. The van der Waals surface area contributed by atoms with Crippen molar-refractivity contribution >= 4 is 22.4 Å². The molecule has 36 heavy (non-hydrogen) atoms. The smallest absolute Gasteiger partial charge is 0.150 e. The number of hydrogen-bond acceptors (Lipinski definition) is 8. The molecule has 1 saturated heterocycles. The second-order valence-corrected chi connectivity index (χ2v) is 8.62. The highest BCUT2D eigenvalue weighted by Gasteiger charge is 2.29. The van der Waals surface area contributed by atoms with Crippen LogP contribution in [-0.2, 0) is 11.8 Å². The van der Waals surface area contributed by atoms with Crippen LogP contribution in [0.4, 0.5) is 11.4 Å². The highest BCUT2D eigenvalue weighted by Crippen LogP contribution is 2.34. The van der Waals surface area contributed by atoms with Gasteiger partial charge >= 0.3 is 0 Å². The fourth-order valence-corrected chi connectivity index (χ4v) is 4.08. The molecule has 2 aromatic heterocycles. The Balaban J connectivity index is 1.57. The summed E-state index contributed by atoms with van der Waals surface area (Å²) in [4.78, 5) is 11.4. The first-order chi connectivity index (χ1) is 17.5. The van der Waals surface area contributed by atoms with Gasteiger partial charge in [-0.2, -0.15) is 5.10 Å². The molecule has 9 nitrogen and oxygen atoms in total. The molecule has 0 radical (unpaired) electrons. The molecule has 0 amide bonds. The fraction of sp³-hybridized carbons (Fsp3) is 0.296. The van der Waals surface area contributed by atoms with Gasteiger partial charge in [0.05, 0.1) is 63.1 Å². The van der Waals surface area contributed by atoms with Crippen molar-refractivity contribution in [1.82, 2.24) is 19.7 Å². The Morgan fingerprint density at radius 2 is 1.89 bits per heavy atom. The molecule has 9 heteroatoms. The van der Waals surface area contributed by atoms with Crippen molar-refractivity contribution < 1.29 is 19.3 Å². The summed E-state index contributed by atoms with van der Waals surface area (Å²) in [5.41, 5.74) is 3.72. The highest BCUT2D eigenvalue weighted by molar-refractivity contribution is 5.83. The van der Waals surface area contributed by atoms with Crippen molar-refractivity contribution in [3.63, 3.8) is 0 Å². The second-order valence-electron chi connectivity index (χ2n) is 8.62. The summed E-state index contributed by atoms with van der Waals surface area (Å²) in [6.07, 6.45) is 5.92. The summed E-state index contributed by atoms with van der Waals surface area (Å²) < 4.78 is 18.0. The summed E-state index contributed by atoms with van der Waals surface area (Å²) in [6.45, 7) is 1.04. The molecule has 4 aromatic rings. The maximum Gasteiger partial charge on any atom is 0.150 e. The quantitative estimate of drug-likeness (QED) is 0.416. The Morgan fingerprint density at radius 1 is 1.08 bits per heavy atom. The number of fused-ring (bicyclic) bond motifs is 1. The first-order valence-corrected chi connectivity index (χ1v) is 11.5. The van der Waals surface area contributed by atoms with Gasteiger partial charge in [-0.15, -0.1) is 0 Å². The van der Waals surface area contributed by atoms with Crippen LogP contribution in [0.5, 0.6) is 11.5 Å². The molecule has 0 bridgehead atoms. The van der Waals surface area contributed by atoms with Gasteiger partial charge in [0, 0.05) is 54.8 Å². The zero-order valence-corrected chi connectivity index (χ0v) is 20.4. The van der Waals surface area contributed by atoms with Gasteiger partial charge in [-0.05, 0) is 18.2 Å². The van der Waals surface area contributed by atoms with E-state index in [9.17, 15) is 5.11 Å². The van der Waals surface area contributed by atoms with Gasteiger partial charge in [-0.1, -0.05) is 11.8 Å². The van der Waals surface area contributed by atoms with Crippen LogP contribution in [0.2, 0.25) is 0 Å². The standard InChI is InChI=1S/C27H27N5O4/c1-31-17-19(15-29-31)26-16-28-24-6-5-20(13-25(24)30-26)32(9-4-7-27(33)8-10-36-18-27)21-11-22(34-2)14-23(12-21)35-3/h5-6,11-17,33H,8-10,18H2,1-3H3. The van der Waals surface area contributed by atoms with E-state index in [-0.39, 0.29) is 6.61 Å².